The number of rotatable bonds is 2. The van der Waals surface area contributed by atoms with Gasteiger partial charge >= 0.3 is 0 Å². The van der Waals surface area contributed by atoms with Crippen molar-refractivity contribution in [2.24, 2.45) is 0 Å². The molecule has 0 bridgehead atoms. The summed E-state index contributed by atoms with van der Waals surface area (Å²) >= 11 is 0. The largest absolute Gasteiger partial charge is 0.399 e. The van der Waals surface area contributed by atoms with Crippen LogP contribution in [0.25, 0.3) is 0 Å². The zero-order valence-electron chi connectivity index (χ0n) is 11.1. The van der Waals surface area contributed by atoms with Crippen LogP contribution in [0.3, 0.4) is 0 Å². The van der Waals surface area contributed by atoms with Gasteiger partial charge in [0.2, 0.25) is 0 Å². The number of hydrogen-bond acceptors (Lipinski definition) is 2. The Hall–Kier alpha value is -1.96. The first-order valence-corrected chi connectivity index (χ1v) is 7.02. The van der Waals surface area contributed by atoms with E-state index in [0.717, 1.165) is 12.2 Å². The van der Waals surface area contributed by atoms with Gasteiger partial charge in [0.1, 0.15) is 0 Å². The first kappa shape index (κ1) is 12.1. The van der Waals surface area contributed by atoms with E-state index in [2.05, 4.69) is 53.4 Å². The van der Waals surface area contributed by atoms with Gasteiger partial charge in [0.05, 0.1) is 6.04 Å². The van der Waals surface area contributed by atoms with Crippen LogP contribution in [0.5, 0.6) is 0 Å². The Labute approximate surface area is 114 Å². The Balaban J connectivity index is 1.93. The molecule has 0 radical (unpaired) electrons. The Morgan fingerprint density at radius 3 is 2.58 bits per heavy atom. The molecule has 1 aliphatic heterocycles. The smallest absolute Gasteiger partial charge is 0.0543 e. The van der Waals surface area contributed by atoms with E-state index >= 15 is 0 Å². The SMILES string of the molecule is Nc1cccc(C2CCCCN2c2ccccc2)c1. The van der Waals surface area contributed by atoms with Gasteiger partial charge in [0.25, 0.3) is 0 Å². The standard InChI is InChI=1S/C17H20N2/c18-15-8-6-7-14(13-15)17-11-4-5-12-19(17)16-9-2-1-3-10-16/h1-3,6-10,13,17H,4-5,11-12,18H2. The first-order valence-electron chi connectivity index (χ1n) is 7.02. The van der Waals surface area contributed by atoms with E-state index in [1.165, 1.54) is 30.5 Å². The van der Waals surface area contributed by atoms with Crippen molar-refractivity contribution in [3.63, 3.8) is 0 Å². The van der Waals surface area contributed by atoms with Crippen LogP contribution in [-0.2, 0) is 0 Å². The molecule has 2 aromatic carbocycles. The highest BCUT2D eigenvalue weighted by Crippen LogP contribution is 2.35. The van der Waals surface area contributed by atoms with Gasteiger partial charge in [-0.3, -0.25) is 0 Å². The molecule has 1 saturated heterocycles. The summed E-state index contributed by atoms with van der Waals surface area (Å²) in [5.41, 5.74) is 9.44. The third-order valence-electron chi connectivity index (χ3n) is 3.89. The number of piperidine rings is 1. The molecule has 98 valence electrons. The lowest BCUT2D eigenvalue weighted by Gasteiger charge is -2.38. The minimum atomic E-state index is 0.458. The first-order chi connectivity index (χ1) is 9.34. The molecule has 1 unspecified atom stereocenters. The molecule has 2 nitrogen and oxygen atoms in total. The average molecular weight is 252 g/mol. The van der Waals surface area contributed by atoms with Crippen molar-refractivity contribution in [1.82, 2.24) is 0 Å². The lowest BCUT2D eigenvalue weighted by Crippen LogP contribution is -2.33. The van der Waals surface area contributed by atoms with Crippen molar-refractivity contribution in [1.29, 1.82) is 0 Å². The number of nitrogens with zero attached hydrogens (tertiary/aromatic N) is 1. The molecular weight excluding hydrogens is 232 g/mol. The lowest BCUT2D eigenvalue weighted by molar-refractivity contribution is 0.473. The Kier molecular flexibility index (Phi) is 3.41. The van der Waals surface area contributed by atoms with Crippen molar-refractivity contribution >= 4 is 11.4 Å². The summed E-state index contributed by atoms with van der Waals surface area (Å²) in [5, 5.41) is 0. The summed E-state index contributed by atoms with van der Waals surface area (Å²) in [4.78, 5) is 2.51. The number of benzene rings is 2. The second-order valence-electron chi connectivity index (χ2n) is 5.21. The summed E-state index contributed by atoms with van der Waals surface area (Å²) in [6.45, 7) is 1.13. The molecule has 0 aliphatic carbocycles. The molecule has 0 saturated carbocycles. The molecule has 2 heteroatoms. The van der Waals surface area contributed by atoms with E-state index in [9.17, 15) is 0 Å². The lowest BCUT2D eigenvalue weighted by atomic mass is 9.94. The summed E-state index contributed by atoms with van der Waals surface area (Å²) in [6, 6.07) is 19.5. The quantitative estimate of drug-likeness (QED) is 0.818. The van der Waals surface area contributed by atoms with Crippen LogP contribution in [0.1, 0.15) is 30.9 Å². The molecule has 2 aromatic rings. The predicted octanol–water partition coefficient (Wildman–Crippen LogP) is 4.00. The van der Waals surface area contributed by atoms with E-state index in [0.29, 0.717) is 6.04 Å². The maximum atomic E-state index is 5.93. The van der Waals surface area contributed by atoms with E-state index in [-0.39, 0.29) is 0 Å². The van der Waals surface area contributed by atoms with Crippen molar-refractivity contribution < 1.29 is 0 Å². The highest BCUT2D eigenvalue weighted by Gasteiger charge is 2.23. The van der Waals surface area contributed by atoms with Gasteiger partial charge < -0.3 is 10.6 Å². The fourth-order valence-electron chi connectivity index (χ4n) is 2.97. The monoisotopic (exact) mass is 252 g/mol. The minimum absolute atomic E-state index is 0.458. The average Bonchev–Trinajstić information content (AvgIpc) is 2.48. The molecular formula is C17H20N2. The van der Waals surface area contributed by atoms with Gasteiger partial charge in [-0.25, -0.2) is 0 Å². The topological polar surface area (TPSA) is 29.3 Å². The van der Waals surface area contributed by atoms with Crippen molar-refractivity contribution in [2.75, 3.05) is 17.2 Å². The second kappa shape index (κ2) is 5.35. The minimum Gasteiger partial charge on any atom is -0.399 e. The Bertz CT molecular complexity index is 536. The summed E-state index contributed by atoms with van der Waals surface area (Å²) in [5.74, 6) is 0. The van der Waals surface area contributed by atoms with Crippen LogP contribution >= 0.6 is 0 Å². The van der Waals surface area contributed by atoms with Gasteiger partial charge in [-0.05, 0) is 49.1 Å². The Morgan fingerprint density at radius 2 is 1.79 bits per heavy atom. The van der Waals surface area contributed by atoms with Crippen LogP contribution in [0.2, 0.25) is 0 Å². The number of anilines is 2. The van der Waals surface area contributed by atoms with Crippen LogP contribution < -0.4 is 10.6 Å². The van der Waals surface area contributed by atoms with Gasteiger partial charge in [-0.1, -0.05) is 30.3 Å². The molecule has 1 heterocycles. The fourth-order valence-corrected chi connectivity index (χ4v) is 2.97. The molecule has 0 spiro atoms. The van der Waals surface area contributed by atoms with E-state index in [4.69, 9.17) is 5.73 Å². The van der Waals surface area contributed by atoms with Crippen molar-refractivity contribution in [3.05, 3.63) is 60.2 Å². The van der Waals surface area contributed by atoms with Gasteiger partial charge in [0, 0.05) is 17.9 Å². The van der Waals surface area contributed by atoms with Crippen LogP contribution in [0, 0.1) is 0 Å². The molecule has 2 N–H and O–H groups in total. The van der Waals surface area contributed by atoms with Crippen LogP contribution in [0.15, 0.2) is 54.6 Å². The molecule has 1 atom stereocenters. The van der Waals surface area contributed by atoms with Crippen LogP contribution in [-0.4, -0.2) is 6.54 Å². The fraction of sp³-hybridized carbons (Fsp3) is 0.294. The molecule has 0 aromatic heterocycles. The number of nitrogens with two attached hydrogens (primary N) is 1. The zero-order chi connectivity index (χ0) is 13.1. The number of nitrogen functional groups attached to an aromatic ring is 1. The number of hydrogen-bond donors (Lipinski definition) is 1. The molecule has 1 fully saturated rings. The maximum absolute atomic E-state index is 5.93. The van der Waals surface area contributed by atoms with Crippen molar-refractivity contribution in [2.45, 2.75) is 25.3 Å². The van der Waals surface area contributed by atoms with E-state index in [1.54, 1.807) is 0 Å². The summed E-state index contributed by atoms with van der Waals surface area (Å²) < 4.78 is 0. The van der Waals surface area contributed by atoms with Gasteiger partial charge in [-0.15, -0.1) is 0 Å². The highest BCUT2D eigenvalue weighted by atomic mass is 15.2. The molecule has 0 amide bonds. The third-order valence-corrected chi connectivity index (χ3v) is 3.89. The Morgan fingerprint density at radius 1 is 0.947 bits per heavy atom. The molecule has 19 heavy (non-hydrogen) atoms. The highest BCUT2D eigenvalue weighted by molar-refractivity contribution is 5.51. The zero-order valence-corrected chi connectivity index (χ0v) is 11.1. The van der Waals surface area contributed by atoms with Gasteiger partial charge in [-0.2, -0.15) is 0 Å². The normalized spacial score (nSPS) is 19.4. The van der Waals surface area contributed by atoms with Gasteiger partial charge in [0.15, 0.2) is 0 Å². The maximum Gasteiger partial charge on any atom is 0.0543 e. The summed E-state index contributed by atoms with van der Waals surface area (Å²) in [7, 11) is 0. The van der Waals surface area contributed by atoms with Crippen LogP contribution in [0.4, 0.5) is 11.4 Å². The molecule has 3 rings (SSSR count). The second-order valence-corrected chi connectivity index (χ2v) is 5.21. The van der Waals surface area contributed by atoms with E-state index in [1.807, 2.05) is 6.07 Å². The third kappa shape index (κ3) is 2.58. The predicted molar refractivity (Wildman–Crippen MR) is 81.2 cm³/mol. The number of para-hydroxylation sites is 1. The summed E-state index contributed by atoms with van der Waals surface area (Å²) in [6.07, 6.45) is 3.77. The molecule has 1 aliphatic rings. The van der Waals surface area contributed by atoms with E-state index < -0.39 is 0 Å². The van der Waals surface area contributed by atoms with Crippen molar-refractivity contribution in [3.8, 4) is 0 Å².